The summed E-state index contributed by atoms with van der Waals surface area (Å²) in [5.74, 6) is 0.670. The second kappa shape index (κ2) is 9.26. The van der Waals surface area contributed by atoms with Gasteiger partial charge >= 0.3 is 5.69 Å². The number of hydrogen-bond acceptors (Lipinski definition) is 8. The zero-order valence-corrected chi connectivity index (χ0v) is 20.1. The van der Waals surface area contributed by atoms with E-state index in [-0.39, 0.29) is 5.75 Å². The SMILES string of the molecule is CCOc1cc(C(CS(C)(=O)=O)n2c(=O)[nH]c3cc(-c4nccnc4C)cnc32)ccc1OC. The molecule has 0 saturated carbocycles. The van der Waals surface area contributed by atoms with Gasteiger partial charge in [-0.3, -0.25) is 14.5 Å². The summed E-state index contributed by atoms with van der Waals surface area (Å²) in [5, 5.41) is 0. The monoisotopic (exact) mass is 483 g/mol. The summed E-state index contributed by atoms with van der Waals surface area (Å²) in [7, 11) is -1.95. The number of aromatic amines is 1. The van der Waals surface area contributed by atoms with E-state index < -0.39 is 21.6 Å². The molecule has 0 aliphatic carbocycles. The number of rotatable bonds is 8. The largest absolute Gasteiger partial charge is 0.493 e. The van der Waals surface area contributed by atoms with Crippen LogP contribution in [0, 0.1) is 6.92 Å². The first-order valence-electron chi connectivity index (χ1n) is 10.6. The molecule has 3 heterocycles. The van der Waals surface area contributed by atoms with E-state index in [1.807, 2.05) is 13.8 Å². The summed E-state index contributed by atoms with van der Waals surface area (Å²) in [6, 6.07) is 6.03. The van der Waals surface area contributed by atoms with E-state index >= 15 is 0 Å². The third-order valence-corrected chi connectivity index (χ3v) is 6.28. The smallest absolute Gasteiger partial charge is 0.328 e. The normalized spacial score (nSPS) is 12.6. The minimum Gasteiger partial charge on any atom is -0.493 e. The molecule has 1 N–H and O–H groups in total. The van der Waals surface area contributed by atoms with Crippen LogP contribution in [0.25, 0.3) is 22.4 Å². The Balaban J connectivity index is 1.89. The Bertz CT molecular complexity index is 1510. The highest BCUT2D eigenvalue weighted by Crippen LogP contribution is 2.33. The van der Waals surface area contributed by atoms with Crippen molar-refractivity contribution in [2.45, 2.75) is 19.9 Å². The third-order valence-electron chi connectivity index (χ3n) is 5.35. The van der Waals surface area contributed by atoms with Crippen molar-refractivity contribution in [3.63, 3.8) is 0 Å². The lowest BCUT2D eigenvalue weighted by Gasteiger charge is -2.20. The highest BCUT2D eigenvalue weighted by atomic mass is 32.2. The van der Waals surface area contributed by atoms with Gasteiger partial charge in [0.05, 0.1) is 42.4 Å². The van der Waals surface area contributed by atoms with E-state index in [4.69, 9.17) is 9.47 Å². The Labute approximate surface area is 196 Å². The van der Waals surface area contributed by atoms with E-state index in [1.54, 1.807) is 42.9 Å². The molecule has 0 saturated heterocycles. The van der Waals surface area contributed by atoms with Crippen LogP contribution in [0.1, 0.15) is 24.2 Å². The van der Waals surface area contributed by atoms with Crippen molar-refractivity contribution < 1.29 is 17.9 Å². The Morgan fingerprint density at radius 1 is 1.12 bits per heavy atom. The predicted octanol–water partition coefficient (Wildman–Crippen LogP) is 2.53. The highest BCUT2D eigenvalue weighted by Gasteiger charge is 2.26. The van der Waals surface area contributed by atoms with Crippen LogP contribution in [0.5, 0.6) is 11.5 Å². The zero-order chi connectivity index (χ0) is 24.5. The molecule has 0 radical (unpaired) electrons. The first-order valence-corrected chi connectivity index (χ1v) is 12.6. The number of hydrogen-bond donors (Lipinski definition) is 1. The minimum atomic E-state index is -3.47. The number of ether oxygens (including phenoxy) is 2. The van der Waals surface area contributed by atoms with Crippen molar-refractivity contribution in [3.8, 4) is 22.8 Å². The van der Waals surface area contributed by atoms with E-state index in [2.05, 4.69) is 19.9 Å². The molecular formula is C23H25N5O5S. The van der Waals surface area contributed by atoms with Crippen LogP contribution >= 0.6 is 0 Å². The van der Waals surface area contributed by atoms with E-state index in [1.165, 1.54) is 11.7 Å². The van der Waals surface area contributed by atoms with Crippen LogP contribution in [0.2, 0.25) is 0 Å². The van der Waals surface area contributed by atoms with Gasteiger partial charge in [-0.2, -0.15) is 0 Å². The van der Waals surface area contributed by atoms with Gasteiger partial charge in [-0.1, -0.05) is 6.07 Å². The van der Waals surface area contributed by atoms with Crippen LogP contribution in [0.3, 0.4) is 0 Å². The fraction of sp³-hybridized carbons (Fsp3) is 0.304. The lowest BCUT2D eigenvalue weighted by molar-refractivity contribution is 0.310. The maximum atomic E-state index is 13.1. The zero-order valence-electron chi connectivity index (χ0n) is 19.3. The molecule has 0 fully saturated rings. The standard InChI is InChI=1S/C23H25N5O5S/c1-5-33-20-11-15(6-7-19(20)32-3)18(13-34(4,30)31)28-22-17(27-23(28)29)10-16(12-26-22)21-14(2)24-8-9-25-21/h6-12,18H,5,13H2,1-4H3,(H,27,29). The summed E-state index contributed by atoms with van der Waals surface area (Å²) in [5.41, 5.74) is 2.96. The molecule has 0 aliphatic rings. The lowest BCUT2D eigenvalue weighted by Crippen LogP contribution is -2.28. The Kier molecular flexibility index (Phi) is 6.38. The van der Waals surface area contributed by atoms with Crippen LogP contribution in [-0.4, -0.2) is 58.6 Å². The number of H-pyrrole nitrogens is 1. The Morgan fingerprint density at radius 3 is 2.56 bits per heavy atom. The van der Waals surface area contributed by atoms with Gasteiger partial charge in [-0.05, 0) is 37.6 Å². The molecule has 4 aromatic rings. The number of aromatic nitrogens is 5. The van der Waals surface area contributed by atoms with E-state index in [0.717, 1.165) is 11.9 Å². The fourth-order valence-corrected chi connectivity index (χ4v) is 4.81. The van der Waals surface area contributed by atoms with Crippen LogP contribution in [-0.2, 0) is 9.84 Å². The van der Waals surface area contributed by atoms with Gasteiger partial charge in [0.25, 0.3) is 0 Å². The molecule has 1 unspecified atom stereocenters. The number of nitrogens with zero attached hydrogens (tertiary/aromatic N) is 4. The number of aryl methyl sites for hydroxylation is 1. The van der Waals surface area contributed by atoms with Crippen LogP contribution < -0.4 is 15.2 Å². The van der Waals surface area contributed by atoms with Crippen LogP contribution in [0.15, 0.2) is 47.7 Å². The molecule has 0 bridgehead atoms. The topological polar surface area (TPSA) is 129 Å². The van der Waals surface area contributed by atoms with Crippen molar-refractivity contribution in [2.75, 3.05) is 25.7 Å². The van der Waals surface area contributed by atoms with Gasteiger partial charge in [0.2, 0.25) is 0 Å². The van der Waals surface area contributed by atoms with Crippen molar-refractivity contribution in [1.29, 1.82) is 0 Å². The second-order valence-electron chi connectivity index (χ2n) is 7.84. The molecule has 0 amide bonds. The first kappa shape index (κ1) is 23.4. The number of nitrogens with one attached hydrogen (secondary N) is 1. The average Bonchev–Trinajstić information content (AvgIpc) is 3.12. The van der Waals surface area contributed by atoms with Crippen LogP contribution in [0.4, 0.5) is 0 Å². The number of sulfone groups is 1. The van der Waals surface area contributed by atoms with E-state index in [0.29, 0.717) is 46.1 Å². The molecule has 3 aromatic heterocycles. The highest BCUT2D eigenvalue weighted by molar-refractivity contribution is 7.90. The summed E-state index contributed by atoms with van der Waals surface area (Å²) in [4.78, 5) is 29.0. The van der Waals surface area contributed by atoms with Crippen molar-refractivity contribution in [3.05, 3.63) is 64.6 Å². The van der Waals surface area contributed by atoms with Gasteiger partial charge in [-0.25, -0.2) is 18.2 Å². The Hall–Kier alpha value is -3.73. The number of benzene rings is 1. The predicted molar refractivity (Wildman–Crippen MR) is 128 cm³/mol. The van der Waals surface area contributed by atoms with Crippen molar-refractivity contribution >= 4 is 21.0 Å². The average molecular weight is 484 g/mol. The molecule has 34 heavy (non-hydrogen) atoms. The Morgan fingerprint density at radius 2 is 1.88 bits per heavy atom. The molecule has 0 spiro atoms. The summed E-state index contributed by atoms with van der Waals surface area (Å²) >= 11 is 0. The number of fused-ring (bicyclic) bond motifs is 1. The van der Waals surface area contributed by atoms with Crippen molar-refractivity contribution in [1.82, 2.24) is 24.5 Å². The van der Waals surface area contributed by atoms with Gasteiger partial charge in [0.15, 0.2) is 17.1 Å². The number of imidazole rings is 1. The molecule has 0 aliphatic heterocycles. The molecular weight excluding hydrogens is 458 g/mol. The van der Waals surface area contributed by atoms with Gasteiger partial charge in [0.1, 0.15) is 9.84 Å². The number of methoxy groups -OCH3 is 1. The first-order chi connectivity index (χ1) is 16.2. The fourth-order valence-electron chi connectivity index (χ4n) is 3.90. The quantitative estimate of drug-likeness (QED) is 0.405. The number of pyridine rings is 1. The van der Waals surface area contributed by atoms with Gasteiger partial charge in [-0.15, -0.1) is 0 Å². The van der Waals surface area contributed by atoms with Gasteiger partial charge < -0.3 is 14.5 Å². The molecule has 4 rings (SSSR count). The minimum absolute atomic E-state index is 0.301. The van der Waals surface area contributed by atoms with Gasteiger partial charge in [0, 0.05) is 30.4 Å². The lowest BCUT2D eigenvalue weighted by atomic mass is 10.1. The second-order valence-corrected chi connectivity index (χ2v) is 10.0. The molecule has 178 valence electrons. The molecule has 1 aromatic carbocycles. The molecule has 10 nitrogen and oxygen atoms in total. The summed E-state index contributed by atoms with van der Waals surface area (Å²) < 4.78 is 37.1. The summed E-state index contributed by atoms with van der Waals surface area (Å²) in [6.07, 6.45) is 5.92. The van der Waals surface area contributed by atoms with E-state index in [9.17, 15) is 13.2 Å². The molecule has 1 atom stereocenters. The third kappa shape index (κ3) is 4.65. The molecule has 11 heteroatoms. The maximum absolute atomic E-state index is 13.1. The summed E-state index contributed by atoms with van der Waals surface area (Å²) in [6.45, 7) is 4.07. The maximum Gasteiger partial charge on any atom is 0.328 e. The van der Waals surface area contributed by atoms with Crippen molar-refractivity contribution in [2.24, 2.45) is 0 Å².